The molecule has 5 heteroatoms. The summed E-state index contributed by atoms with van der Waals surface area (Å²) in [7, 11) is 0. The molecule has 0 unspecified atom stereocenters. The van der Waals surface area contributed by atoms with Crippen molar-refractivity contribution in [3.05, 3.63) is 71.8 Å². The summed E-state index contributed by atoms with van der Waals surface area (Å²) in [6.45, 7) is 1.83. The normalized spacial score (nSPS) is 12.9. The zero-order chi connectivity index (χ0) is 17.4. The van der Waals surface area contributed by atoms with E-state index in [-0.39, 0.29) is 18.4 Å². The Morgan fingerprint density at radius 3 is 2.12 bits per heavy atom. The first-order valence-corrected chi connectivity index (χ1v) is 7.87. The van der Waals surface area contributed by atoms with Crippen molar-refractivity contribution >= 4 is 11.8 Å². The Morgan fingerprint density at radius 2 is 1.54 bits per heavy atom. The van der Waals surface area contributed by atoms with E-state index in [1.165, 1.54) is 6.92 Å². The van der Waals surface area contributed by atoms with Gasteiger partial charge in [-0.15, -0.1) is 0 Å². The van der Waals surface area contributed by atoms with E-state index in [0.717, 1.165) is 5.56 Å². The molecule has 0 aromatic heterocycles. The van der Waals surface area contributed by atoms with Crippen LogP contribution >= 0.6 is 0 Å². The molecule has 2 atom stereocenters. The van der Waals surface area contributed by atoms with Crippen LogP contribution in [-0.2, 0) is 16.1 Å². The molecule has 2 amide bonds. The van der Waals surface area contributed by atoms with E-state index in [2.05, 4.69) is 10.6 Å². The number of benzene rings is 2. The van der Waals surface area contributed by atoms with Gasteiger partial charge in [-0.25, -0.2) is 0 Å². The second-order valence-corrected chi connectivity index (χ2v) is 5.60. The van der Waals surface area contributed by atoms with E-state index in [1.807, 2.05) is 36.4 Å². The fourth-order valence-corrected chi connectivity index (χ4v) is 2.40. The van der Waals surface area contributed by atoms with Crippen LogP contribution in [0.5, 0.6) is 0 Å². The largest absolute Gasteiger partial charge is 0.388 e. The number of aliphatic hydroxyl groups is 1. The second-order valence-electron chi connectivity index (χ2n) is 5.60. The van der Waals surface area contributed by atoms with Crippen molar-refractivity contribution < 1.29 is 14.7 Å². The Hall–Kier alpha value is -2.66. The lowest BCUT2D eigenvalue weighted by molar-refractivity contribution is -0.129. The standard InChI is InChI=1S/C19H22N2O3/c1-14(22)20-13-17(18(23)16-10-6-3-7-11-16)19(24)21-12-15-8-4-2-5-9-15/h2-11,17-18,23H,12-13H2,1H3,(H,20,22)(H,21,24)/t17-,18-/m1/s1. The smallest absolute Gasteiger partial charge is 0.228 e. The minimum Gasteiger partial charge on any atom is -0.388 e. The summed E-state index contributed by atoms with van der Waals surface area (Å²) in [4.78, 5) is 23.7. The first-order valence-electron chi connectivity index (χ1n) is 7.87. The summed E-state index contributed by atoms with van der Waals surface area (Å²) >= 11 is 0. The Labute approximate surface area is 141 Å². The van der Waals surface area contributed by atoms with Crippen molar-refractivity contribution in [2.45, 2.75) is 19.6 Å². The maximum Gasteiger partial charge on any atom is 0.228 e. The molecule has 0 saturated carbocycles. The number of aliphatic hydroxyl groups excluding tert-OH is 1. The van der Waals surface area contributed by atoms with E-state index in [9.17, 15) is 14.7 Å². The quantitative estimate of drug-likeness (QED) is 0.726. The van der Waals surface area contributed by atoms with E-state index in [1.54, 1.807) is 24.3 Å². The minimum absolute atomic E-state index is 0.0754. The van der Waals surface area contributed by atoms with Gasteiger partial charge in [0.05, 0.1) is 12.0 Å². The van der Waals surface area contributed by atoms with Crippen molar-refractivity contribution in [1.82, 2.24) is 10.6 Å². The molecule has 0 bridgehead atoms. The van der Waals surface area contributed by atoms with Crippen LogP contribution in [0.1, 0.15) is 24.2 Å². The Bertz CT molecular complexity index is 659. The fraction of sp³-hybridized carbons (Fsp3) is 0.263. The third-order valence-electron chi connectivity index (χ3n) is 3.74. The molecule has 2 aromatic carbocycles. The predicted molar refractivity (Wildman–Crippen MR) is 91.9 cm³/mol. The highest BCUT2D eigenvalue weighted by molar-refractivity contribution is 5.81. The van der Waals surface area contributed by atoms with Gasteiger partial charge < -0.3 is 15.7 Å². The summed E-state index contributed by atoms with van der Waals surface area (Å²) in [6, 6.07) is 18.5. The topological polar surface area (TPSA) is 78.4 Å². The first kappa shape index (κ1) is 17.7. The number of nitrogens with one attached hydrogen (secondary N) is 2. The lowest BCUT2D eigenvalue weighted by Gasteiger charge is -2.23. The van der Waals surface area contributed by atoms with E-state index in [0.29, 0.717) is 12.1 Å². The molecular formula is C19H22N2O3. The average Bonchev–Trinajstić information content (AvgIpc) is 2.61. The van der Waals surface area contributed by atoms with Crippen molar-refractivity contribution in [2.75, 3.05) is 6.54 Å². The summed E-state index contributed by atoms with van der Waals surface area (Å²) in [5.74, 6) is -1.31. The number of carbonyl (C=O) groups excluding carboxylic acids is 2. The van der Waals surface area contributed by atoms with Crippen LogP contribution in [0.25, 0.3) is 0 Å². The van der Waals surface area contributed by atoms with Crippen molar-refractivity contribution in [2.24, 2.45) is 5.92 Å². The highest BCUT2D eigenvalue weighted by Gasteiger charge is 2.28. The molecule has 0 heterocycles. The predicted octanol–water partition coefficient (Wildman–Crippen LogP) is 1.79. The number of carbonyl (C=O) groups is 2. The molecule has 3 N–H and O–H groups in total. The number of amides is 2. The molecular weight excluding hydrogens is 304 g/mol. The lowest BCUT2D eigenvalue weighted by atomic mass is 9.94. The molecule has 126 valence electrons. The van der Waals surface area contributed by atoms with Gasteiger partial charge in [0, 0.05) is 20.0 Å². The van der Waals surface area contributed by atoms with Crippen LogP contribution in [0.2, 0.25) is 0 Å². The highest BCUT2D eigenvalue weighted by atomic mass is 16.3. The monoisotopic (exact) mass is 326 g/mol. The molecule has 0 saturated heterocycles. The molecule has 0 fully saturated rings. The Kier molecular flexibility index (Phi) is 6.51. The Morgan fingerprint density at radius 1 is 0.958 bits per heavy atom. The van der Waals surface area contributed by atoms with Crippen molar-refractivity contribution in [1.29, 1.82) is 0 Å². The molecule has 0 spiro atoms. The zero-order valence-corrected chi connectivity index (χ0v) is 13.6. The first-order chi connectivity index (χ1) is 11.6. The van der Waals surface area contributed by atoms with Crippen LogP contribution in [-0.4, -0.2) is 23.5 Å². The minimum atomic E-state index is -0.992. The summed E-state index contributed by atoms with van der Waals surface area (Å²) in [5, 5.41) is 16.0. The lowest BCUT2D eigenvalue weighted by Crippen LogP contribution is -2.41. The van der Waals surface area contributed by atoms with Crippen molar-refractivity contribution in [3.8, 4) is 0 Å². The van der Waals surface area contributed by atoms with Gasteiger partial charge in [-0.1, -0.05) is 60.7 Å². The molecule has 2 aromatic rings. The van der Waals surface area contributed by atoms with Gasteiger partial charge in [0.2, 0.25) is 11.8 Å². The van der Waals surface area contributed by atoms with Gasteiger partial charge in [0.1, 0.15) is 0 Å². The molecule has 0 aliphatic carbocycles. The van der Waals surface area contributed by atoms with Gasteiger partial charge >= 0.3 is 0 Å². The summed E-state index contributed by atoms with van der Waals surface area (Å²) in [6.07, 6.45) is -0.992. The van der Waals surface area contributed by atoms with E-state index < -0.39 is 12.0 Å². The number of hydrogen-bond acceptors (Lipinski definition) is 3. The van der Waals surface area contributed by atoms with Gasteiger partial charge in [-0.05, 0) is 11.1 Å². The molecule has 2 rings (SSSR count). The van der Waals surface area contributed by atoms with Gasteiger partial charge in [-0.3, -0.25) is 9.59 Å². The molecule has 0 radical (unpaired) electrons. The van der Waals surface area contributed by atoms with E-state index in [4.69, 9.17) is 0 Å². The van der Waals surface area contributed by atoms with Crippen LogP contribution in [0.15, 0.2) is 60.7 Å². The van der Waals surface area contributed by atoms with Crippen LogP contribution in [0, 0.1) is 5.92 Å². The fourth-order valence-electron chi connectivity index (χ4n) is 2.40. The maximum absolute atomic E-state index is 12.5. The number of hydrogen-bond donors (Lipinski definition) is 3. The average molecular weight is 326 g/mol. The third-order valence-corrected chi connectivity index (χ3v) is 3.74. The maximum atomic E-state index is 12.5. The highest BCUT2D eigenvalue weighted by Crippen LogP contribution is 2.22. The molecule has 0 aliphatic rings. The molecule has 5 nitrogen and oxygen atoms in total. The van der Waals surface area contributed by atoms with Gasteiger partial charge in [0.25, 0.3) is 0 Å². The van der Waals surface area contributed by atoms with Gasteiger partial charge in [0.15, 0.2) is 0 Å². The van der Waals surface area contributed by atoms with Crippen LogP contribution in [0.4, 0.5) is 0 Å². The van der Waals surface area contributed by atoms with E-state index >= 15 is 0 Å². The summed E-state index contributed by atoms with van der Waals surface area (Å²) in [5.41, 5.74) is 1.61. The van der Waals surface area contributed by atoms with Crippen LogP contribution in [0.3, 0.4) is 0 Å². The number of rotatable bonds is 7. The molecule has 24 heavy (non-hydrogen) atoms. The van der Waals surface area contributed by atoms with Gasteiger partial charge in [-0.2, -0.15) is 0 Å². The molecule has 0 aliphatic heterocycles. The second kappa shape index (κ2) is 8.84. The van der Waals surface area contributed by atoms with Crippen molar-refractivity contribution in [3.63, 3.8) is 0 Å². The Balaban J connectivity index is 2.06. The summed E-state index contributed by atoms with van der Waals surface area (Å²) < 4.78 is 0. The zero-order valence-electron chi connectivity index (χ0n) is 13.6. The van der Waals surface area contributed by atoms with Crippen LogP contribution < -0.4 is 10.6 Å². The SMILES string of the molecule is CC(=O)NC[C@@H](C(=O)NCc1ccccc1)[C@H](O)c1ccccc1. The third kappa shape index (κ3) is 5.21.